The Hall–Kier alpha value is -0.420. The lowest BCUT2D eigenvalue weighted by atomic mass is 9.73. The van der Waals surface area contributed by atoms with E-state index in [9.17, 15) is 13.6 Å². The SMILES string of the molecule is CCOC(=O)[C@H]1N[C@@H]2CC[C@@H]1C(F)(F)C2.Cl. The highest BCUT2D eigenvalue weighted by molar-refractivity contribution is 5.85. The fraction of sp³-hybridized carbons (Fsp3) is 0.900. The highest BCUT2D eigenvalue weighted by Gasteiger charge is 2.55. The third kappa shape index (κ3) is 2.30. The van der Waals surface area contributed by atoms with Gasteiger partial charge in [-0.2, -0.15) is 0 Å². The molecule has 3 rings (SSSR count). The van der Waals surface area contributed by atoms with Crippen LogP contribution < -0.4 is 5.32 Å². The molecule has 0 aromatic carbocycles. The number of halogens is 3. The Labute approximate surface area is 99.3 Å². The van der Waals surface area contributed by atoms with Crippen LogP contribution in [0, 0.1) is 5.92 Å². The zero-order chi connectivity index (χ0) is 11.1. The number of alkyl halides is 2. The summed E-state index contributed by atoms with van der Waals surface area (Å²) in [5.41, 5.74) is 0. The Morgan fingerprint density at radius 3 is 2.69 bits per heavy atom. The first-order valence-corrected chi connectivity index (χ1v) is 5.35. The summed E-state index contributed by atoms with van der Waals surface area (Å²) >= 11 is 0. The number of nitrogens with one attached hydrogen (secondary N) is 1. The molecule has 1 aliphatic carbocycles. The maximum absolute atomic E-state index is 13.5. The van der Waals surface area contributed by atoms with Crippen molar-refractivity contribution < 1.29 is 18.3 Å². The first-order valence-electron chi connectivity index (χ1n) is 5.35. The van der Waals surface area contributed by atoms with E-state index in [1.165, 1.54) is 0 Å². The first-order chi connectivity index (χ1) is 7.04. The summed E-state index contributed by atoms with van der Waals surface area (Å²) in [6.07, 6.45) is 0.998. The van der Waals surface area contributed by atoms with Crippen LogP contribution in [0.2, 0.25) is 0 Å². The Bertz CT molecular complexity index is 276. The molecule has 2 saturated heterocycles. The fourth-order valence-corrected chi connectivity index (χ4v) is 2.56. The average Bonchev–Trinajstić information content (AvgIpc) is 2.16. The van der Waals surface area contributed by atoms with Crippen LogP contribution in [-0.4, -0.2) is 30.6 Å². The van der Waals surface area contributed by atoms with Gasteiger partial charge in [0.15, 0.2) is 0 Å². The molecular formula is C10H16ClF2NO2. The molecule has 1 N–H and O–H groups in total. The van der Waals surface area contributed by atoms with E-state index in [2.05, 4.69) is 5.32 Å². The molecule has 16 heavy (non-hydrogen) atoms. The van der Waals surface area contributed by atoms with Crippen molar-refractivity contribution in [3.63, 3.8) is 0 Å². The van der Waals surface area contributed by atoms with E-state index in [0.717, 1.165) is 6.42 Å². The van der Waals surface area contributed by atoms with Gasteiger partial charge in [-0.25, -0.2) is 8.78 Å². The van der Waals surface area contributed by atoms with Gasteiger partial charge >= 0.3 is 5.97 Å². The van der Waals surface area contributed by atoms with Crippen molar-refractivity contribution in [3.8, 4) is 0 Å². The number of fused-ring (bicyclic) bond motifs is 3. The number of ether oxygens (including phenoxy) is 1. The number of hydrogen-bond acceptors (Lipinski definition) is 3. The molecule has 3 atom stereocenters. The maximum Gasteiger partial charge on any atom is 0.323 e. The van der Waals surface area contributed by atoms with Crippen LogP contribution in [0.1, 0.15) is 26.2 Å². The van der Waals surface area contributed by atoms with Crippen LogP contribution in [0.15, 0.2) is 0 Å². The molecule has 0 radical (unpaired) electrons. The van der Waals surface area contributed by atoms with E-state index in [1.807, 2.05) is 0 Å². The molecule has 1 saturated carbocycles. The highest BCUT2D eigenvalue weighted by atomic mass is 35.5. The first kappa shape index (κ1) is 13.6. The number of carbonyl (C=O) groups excluding carboxylic acids is 1. The van der Waals surface area contributed by atoms with Crippen molar-refractivity contribution in [2.24, 2.45) is 5.92 Å². The topological polar surface area (TPSA) is 38.3 Å². The molecule has 94 valence electrons. The summed E-state index contributed by atoms with van der Waals surface area (Å²) in [5.74, 6) is -4.14. The summed E-state index contributed by atoms with van der Waals surface area (Å²) in [5, 5.41) is 2.94. The molecule has 3 nitrogen and oxygen atoms in total. The molecule has 6 heteroatoms. The van der Waals surface area contributed by atoms with Gasteiger partial charge in [0.05, 0.1) is 6.61 Å². The molecule has 0 aromatic heterocycles. The van der Waals surface area contributed by atoms with Gasteiger partial charge in [-0.15, -0.1) is 12.4 Å². The third-order valence-electron chi connectivity index (χ3n) is 3.25. The van der Waals surface area contributed by atoms with Crippen LogP contribution in [-0.2, 0) is 9.53 Å². The lowest BCUT2D eigenvalue weighted by Gasteiger charge is -2.46. The maximum atomic E-state index is 13.5. The molecule has 3 aliphatic rings. The lowest BCUT2D eigenvalue weighted by molar-refractivity contribution is -0.170. The molecule has 0 aromatic rings. The van der Waals surface area contributed by atoms with Gasteiger partial charge in [-0.3, -0.25) is 4.79 Å². The van der Waals surface area contributed by atoms with Crippen molar-refractivity contribution in [1.29, 1.82) is 0 Å². The standard InChI is InChI=1S/C10H15F2NO2.ClH/c1-2-15-9(14)8-7-4-3-6(13-8)5-10(7,11)12;/h6-8,13H,2-5H2,1H3;1H/t6-,7+,8+;/m1./s1. The highest BCUT2D eigenvalue weighted by Crippen LogP contribution is 2.44. The number of carbonyl (C=O) groups is 1. The van der Waals surface area contributed by atoms with Crippen LogP contribution in [0.25, 0.3) is 0 Å². The van der Waals surface area contributed by atoms with Crippen LogP contribution in [0.5, 0.6) is 0 Å². The monoisotopic (exact) mass is 255 g/mol. The molecule has 3 fully saturated rings. The van der Waals surface area contributed by atoms with Crippen LogP contribution in [0.4, 0.5) is 8.78 Å². The second kappa shape index (κ2) is 4.84. The minimum atomic E-state index is -2.72. The normalized spacial score (nSPS) is 35.3. The van der Waals surface area contributed by atoms with Gasteiger partial charge in [-0.1, -0.05) is 0 Å². The van der Waals surface area contributed by atoms with Crippen molar-refractivity contribution in [3.05, 3.63) is 0 Å². The summed E-state index contributed by atoms with van der Waals surface area (Å²) in [6, 6.07) is -1.05. The Balaban J connectivity index is 0.00000128. The van der Waals surface area contributed by atoms with Crippen LogP contribution >= 0.6 is 12.4 Å². The van der Waals surface area contributed by atoms with E-state index in [0.29, 0.717) is 6.42 Å². The van der Waals surface area contributed by atoms with Gasteiger partial charge in [0.1, 0.15) is 6.04 Å². The van der Waals surface area contributed by atoms with E-state index in [4.69, 9.17) is 4.74 Å². The van der Waals surface area contributed by atoms with E-state index >= 15 is 0 Å². The van der Waals surface area contributed by atoms with E-state index in [1.54, 1.807) is 6.92 Å². The van der Waals surface area contributed by atoms with Crippen molar-refractivity contribution in [2.45, 2.75) is 44.2 Å². The smallest absolute Gasteiger partial charge is 0.323 e. The quantitative estimate of drug-likeness (QED) is 0.764. The van der Waals surface area contributed by atoms with Crippen molar-refractivity contribution in [2.75, 3.05) is 6.61 Å². The molecular weight excluding hydrogens is 240 g/mol. The second-order valence-corrected chi connectivity index (χ2v) is 4.24. The van der Waals surface area contributed by atoms with Crippen molar-refractivity contribution in [1.82, 2.24) is 5.32 Å². The Morgan fingerprint density at radius 1 is 1.50 bits per heavy atom. The minimum Gasteiger partial charge on any atom is -0.465 e. The molecule has 0 unspecified atom stereocenters. The van der Waals surface area contributed by atoms with E-state index < -0.39 is 23.9 Å². The number of piperidine rings is 2. The summed E-state index contributed by atoms with van der Waals surface area (Å²) in [7, 11) is 0. The molecule has 2 heterocycles. The molecule has 0 spiro atoms. The Kier molecular flexibility index (Phi) is 4.12. The van der Waals surface area contributed by atoms with Gasteiger partial charge in [-0.05, 0) is 19.8 Å². The zero-order valence-electron chi connectivity index (χ0n) is 9.04. The number of hydrogen-bond donors (Lipinski definition) is 1. The molecule has 0 amide bonds. The number of rotatable bonds is 2. The zero-order valence-corrected chi connectivity index (χ0v) is 9.86. The molecule has 2 aliphatic heterocycles. The number of esters is 1. The third-order valence-corrected chi connectivity index (χ3v) is 3.25. The van der Waals surface area contributed by atoms with Gasteiger partial charge in [0.2, 0.25) is 0 Å². The minimum absolute atomic E-state index is 0. The Morgan fingerprint density at radius 2 is 2.19 bits per heavy atom. The van der Waals surface area contributed by atoms with E-state index in [-0.39, 0.29) is 31.5 Å². The summed E-state index contributed by atoms with van der Waals surface area (Å²) in [4.78, 5) is 11.5. The fourth-order valence-electron chi connectivity index (χ4n) is 2.56. The van der Waals surface area contributed by atoms with Gasteiger partial charge < -0.3 is 10.1 Å². The van der Waals surface area contributed by atoms with Crippen LogP contribution in [0.3, 0.4) is 0 Å². The van der Waals surface area contributed by atoms with Gasteiger partial charge in [0.25, 0.3) is 5.92 Å². The summed E-state index contributed by atoms with van der Waals surface area (Å²) in [6.45, 7) is 1.91. The predicted molar refractivity (Wildman–Crippen MR) is 56.9 cm³/mol. The average molecular weight is 256 g/mol. The second-order valence-electron chi connectivity index (χ2n) is 4.24. The summed E-state index contributed by atoms with van der Waals surface area (Å²) < 4.78 is 31.8. The lowest BCUT2D eigenvalue weighted by Crippen LogP contribution is -2.63. The largest absolute Gasteiger partial charge is 0.465 e. The van der Waals surface area contributed by atoms with Crippen molar-refractivity contribution >= 4 is 18.4 Å². The van der Waals surface area contributed by atoms with Gasteiger partial charge in [0, 0.05) is 18.4 Å². The molecule has 2 bridgehead atoms. The predicted octanol–water partition coefficient (Wildman–Crippen LogP) is 1.75.